The van der Waals surface area contributed by atoms with Gasteiger partial charge in [-0.05, 0) is 43.5 Å². The van der Waals surface area contributed by atoms with E-state index in [1.807, 2.05) is 18.2 Å². The predicted octanol–water partition coefficient (Wildman–Crippen LogP) is 1.42. The third-order valence-corrected chi connectivity index (χ3v) is 2.91. The van der Waals surface area contributed by atoms with E-state index >= 15 is 0 Å². The van der Waals surface area contributed by atoms with Crippen LogP contribution in [0.25, 0.3) is 11.1 Å². The van der Waals surface area contributed by atoms with E-state index in [9.17, 15) is 4.79 Å². The molecule has 0 amide bonds. The smallest absolute Gasteiger partial charge is 0.408 e. The maximum absolute atomic E-state index is 11.0. The van der Waals surface area contributed by atoms with Crippen LogP contribution in [0, 0.1) is 0 Å². The Bertz CT molecular complexity index is 551. The summed E-state index contributed by atoms with van der Waals surface area (Å²) in [5.41, 5.74) is 2.63. The lowest BCUT2D eigenvalue weighted by molar-refractivity contribution is 0.555. The molecule has 1 saturated carbocycles. The average molecular weight is 218 g/mol. The summed E-state index contributed by atoms with van der Waals surface area (Å²) in [5.74, 6) is -0.386. The lowest BCUT2D eigenvalue weighted by Crippen LogP contribution is -2.19. The number of aromatic nitrogens is 1. The first kappa shape index (κ1) is 9.66. The van der Waals surface area contributed by atoms with Crippen molar-refractivity contribution >= 4 is 11.1 Å². The van der Waals surface area contributed by atoms with Crippen molar-refractivity contribution in [2.24, 2.45) is 0 Å². The van der Waals surface area contributed by atoms with Crippen LogP contribution in [0.2, 0.25) is 0 Å². The minimum absolute atomic E-state index is 0.386. The zero-order valence-corrected chi connectivity index (χ0v) is 8.95. The lowest BCUT2D eigenvalue weighted by atomic mass is 10.1. The summed E-state index contributed by atoms with van der Waals surface area (Å²) in [6.45, 7) is 0.998. The number of rotatable bonds is 4. The second-order valence-corrected chi connectivity index (χ2v) is 4.32. The van der Waals surface area contributed by atoms with Gasteiger partial charge in [-0.25, -0.2) is 4.79 Å². The van der Waals surface area contributed by atoms with Crippen molar-refractivity contribution in [3.05, 3.63) is 34.3 Å². The minimum Gasteiger partial charge on any atom is -0.408 e. The molecule has 84 valence electrons. The summed E-state index contributed by atoms with van der Waals surface area (Å²) < 4.78 is 4.95. The lowest BCUT2D eigenvalue weighted by Gasteiger charge is -2.02. The monoisotopic (exact) mass is 218 g/mol. The third kappa shape index (κ3) is 2.02. The molecule has 0 atom stereocenters. The van der Waals surface area contributed by atoms with E-state index in [2.05, 4.69) is 10.3 Å². The van der Waals surface area contributed by atoms with Gasteiger partial charge in [0.25, 0.3) is 0 Å². The van der Waals surface area contributed by atoms with E-state index in [0.29, 0.717) is 5.58 Å². The predicted molar refractivity (Wildman–Crippen MR) is 61.6 cm³/mol. The molecule has 0 aliphatic heterocycles. The fourth-order valence-corrected chi connectivity index (χ4v) is 1.86. The molecule has 16 heavy (non-hydrogen) atoms. The molecule has 0 unspecified atom stereocenters. The van der Waals surface area contributed by atoms with E-state index in [-0.39, 0.29) is 5.76 Å². The number of nitrogens with one attached hydrogen (secondary N) is 2. The Hall–Kier alpha value is -1.55. The number of hydrogen-bond donors (Lipinski definition) is 2. The molecular formula is C12H14N2O2. The zero-order valence-electron chi connectivity index (χ0n) is 8.95. The first-order valence-corrected chi connectivity index (χ1v) is 5.66. The molecule has 1 heterocycles. The maximum Gasteiger partial charge on any atom is 0.417 e. The largest absolute Gasteiger partial charge is 0.417 e. The standard InChI is InChI=1S/C12H14N2O2/c15-12-14-10-7-8(1-4-11(10)16-12)5-6-13-9-2-3-9/h1,4,7,9,13H,2-3,5-6H2,(H,14,15). The molecular weight excluding hydrogens is 204 g/mol. The van der Waals surface area contributed by atoms with E-state index < -0.39 is 0 Å². The van der Waals surface area contributed by atoms with Gasteiger partial charge in [-0.1, -0.05) is 6.07 Å². The minimum atomic E-state index is -0.386. The Kier molecular flexibility index (Phi) is 2.29. The summed E-state index contributed by atoms with van der Waals surface area (Å²) >= 11 is 0. The van der Waals surface area contributed by atoms with Crippen LogP contribution in [0.5, 0.6) is 0 Å². The molecule has 0 saturated heterocycles. The van der Waals surface area contributed by atoms with Crippen molar-refractivity contribution in [1.29, 1.82) is 0 Å². The fourth-order valence-electron chi connectivity index (χ4n) is 1.86. The van der Waals surface area contributed by atoms with Crippen molar-refractivity contribution in [3.8, 4) is 0 Å². The molecule has 1 aromatic heterocycles. The summed E-state index contributed by atoms with van der Waals surface area (Å²) in [7, 11) is 0. The molecule has 2 aromatic rings. The number of aromatic amines is 1. The maximum atomic E-state index is 11.0. The Morgan fingerprint density at radius 1 is 1.44 bits per heavy atom. The Morgan fingerprint density at radius 3 is 3.12 bits per heavy atom. The molecule has 1 fully saturated rings. The highest BCUT2D eigenvalue weighted by molar-refractivity contribution is 5.72. The van der Waals surface area contributed by atoms with Gasteiger partial charge >= 0.3 is 5.76 Å². The van der Waals surface area contributed by atoms with Gasteiger partial charge in [0.15, 0.2) is 5.58 Å². The highest BCUT2D eigenvalue weighted by Crippen LogP contribution is 2.18. The van der Waals surface area contributed by atoms with Gasteiger partial charge in [0.2, 0.25) is 0 Å². The average Bonchev–Trinajstić information content (AvgIpc) is 2.99. The van der Waals surface area contributed by atoms with Crippen LogP contribution in [-0.4, -0.2) is 17.6 Å². The van der Waals surface area contributed by atoms with Crippen molar-refractivity contribution in [3.63, 3.8) is 0 Å². The van der Waals surface area contributed by atoms with Gasteiger partial charge in [0.05, 0.1) is 5.52 Å². The van der Waals surface area contributed by atoms with E-state index in [4.69, 9.17) is 4.42 Å². The van der Waals surface area contributed by atoms with Crippen molar-refractivity contribution in [1.82, 2.24) is 10.3 Å². The Morgan fingerprint density at radius 2 is 2.31 bits per heavy atom. The molecule has 3 rings (SSSR count). The first-order chi connectivity index (χ1) is 7.81. The molecule has 4 heteroatoms. The van der Waals surface area contributed by atoms with Crippen LogP contribution in [0.3, 0.4) is 0 Å². The van der Waals surface area contributed by atoms with Crippen LogP contribution < -0.4 is 11.1 Å². The summed E-state index contributed by atoms with van der Waals surface area (Å²) in [6.07, 6.45) is 3.61. The number of H-pyrrole nitrogens is 1. The molecule has 0 radical (unpaired) electrons. The van der Waals surface area contributed by atoms with E-state index in [1.54, 1.807) is 0 Å². The highest BCUT2D eigenvalue weighted by Gasteiger charge is 2.19. The molecule has 2 N–H and O–H groups in total. The third-order valence-electron chi connectivity index (χ3n) is 2.91. The van der Waals surface area contributed by atoms with Gasteiger partial charge in [-0.15, -0.1) is 0 Å². The van der Waals surface area contributed by atoms with Crippen molar-refractivity contribution in [2.75, 3.05) is 6.54 Å². The first-order valence-electron chi connectivity index (χ1n) is 5.66. The second-order valence-electron chi connectivity index (χ2n) is 4.32. The van der Waals surface area contributed by atoms with Crippen LogP contribution in [0.15, 0.2) is 27.4 Å². The number of fused-ring (bicyclic) bond motifs is 1. The summed E-state index contributed by atoms with van der Waals surface area (Å²) in [6, 6.07) is 6.58. The molecule has 0 bridgehead atoms. The summed E-state index contributed by atoms with van der Waals surface area (Å²) in [4.78, 5) is 13.6. The topological polar surface area (TPSA) is 58.0 Å². The van der Waals surface area contributed by atoms with Gasteiger partial charge in [0, 0.05) is 6.04 Å². The number of hydrogen-bond acceptors (Lipinski definition) is 3. The SMILES string of the molecule is O=c1[nH]c2cc(CCNC3CC3)ccc2o1. The number of benzene rings is 1. The van der Waals surface area contributed by atoms with Gasteiger partial charge < -0.3 is 9.73 Å². The van der Waals surface area contributed by atoms with Crippen molar-refractivity contribution < 1.29 is 4.42 Å². The Labute approximate surface area is 92.7 Å². The molecule has 1 aliphatic carbocycles. The van der Waals surface area contributed by atoms with Gasteiger partial charge in [-0.3, -0.25) is 4.98 Å². The second kappa shape index (κ2) is 3.79. The summed E-state index contributed by atoms with van der Waals surface area (Å²) in [5, 5.41) is 3.46. The normalized spacial score (nSPS) is 15.8. The van der Waals surface area contributed by atoms with E-state index in [0.717, 1.165) is 24.5 Å². The van der Waals surface area contributed by atoms with Gasteiger partial charge in [-0.2, -0.15) is 0 Å². The van der Waals surface area contributed by atoms with Crippen LogP contribution in [0.1, 0.15) is 18.4 Å². The van der Waals surface area contributed by atoms with Crippen LogP contribution >= 0.6 is 0 Å². The molecule has 4 nitrogen and oxygen atoms in total. The quantitative estimate of drug-likeness (QED) is 0.815. The Balaban J connectivity index is 1.73. The van der Waals surface area contributed by atoms with E-state index in [1.165, 1.54) is 18.4 Å². The highest BCUT2D eigenvalue weighted by atomic mass is 16.4. The zero-order chi connectivity index (χ0) is 11.0. The molecule has 1 aliphatic rings. The fraction of sp³-hybridized carbons (Fsp3) is 0.417. The molecule has 1 aromatic carbocycles. The molecule has 0 spiro atoms. The van der Waals surface area contributed by atoms with Crippen LogP contribution in [0.4, 0.5) is 0 Å². The van der Waals surface area contributed by atoms with Crippen LogP contribution in [-0.2, 0) is 6.42 Å². The number of oxazole rings is 1. The van der Waals surface area contributed by atoms with Crippen molar-refractivity contribution in [2.45, 2.75) is 25.3 Å². The van der Waals surface area contributed by atoms with Gasteiger partial charge in [0.1, 0.15) is 0 Å².